The third kappa shape index (κ3) is 16.0. The zero-order valence-corrected chi connectivity index (χ0v) is 44.9. The molecular weight excluding hydrogens is 1340 g/mol. The molecule has 90 heavy (non-hydrogen) atoms. The zero-order valence-electron chi connectivity index (χ0n) is 44.9. The van der Waals surface area contributed by atoms with Gasteiger partial charge in [-0.25, -0.2) is 9.59 Å². The van der Waals surface area contributed by atoms with Crippen molar-refractivity contribution in [3.05, 3.63) is 72.1 Å². The van der Waals surface area contributed by atoms with Gasteiger partial charge in [-0.3, -0.25) is 9.97 Å². The highest BCUT2D eigenvalue weighted by molar-refractivity contribution is 5.92. The van der Waals surface area contributed by atoms with Crippen LogP contribution in [0.3, 0.4) is 0 Å². The second-order valence-electron chi connectivity index (χ2n) is 19.6. The fourth-order valence-corrected chi connectivity index (χ4v) is 7.41. The van der Waals surface area contributed by atoms with Gasteiger partial charge in [0.2, 0.25) is 0 Å². The van der Waals surface area contributed by atoms with Crippen LogP contribution in [0.1, 0.15) is 123 Å². The number of hydrogen-bond donors (Lipinski definition) is 0. The van der Waals surface area contributed by atoms with E-state index in [2.05, 4.69) is 9.97 Å². The molecule has 0 amide bonds. The molecule has 2 aromatic rings. The summed E-state index contributed by atoms with van der Waals surface area (Å²) in [6.45, 7) is -0.283. The second-order valence-corrected chi connectivity index (χ2v) is 19.6. The fraction of sp³-hybridized carbons (Fsp3) is 0.680. The molecule has 0 spiro atoms. The first-order valence-electron chi connectivity index (χ1n) is 25.5. The Bertz CT molecular complexity index is 2540. The van der Waals surface area contributed by atoms with Crippen molar-refractivity contribution < 1.29 is 168 Å². The Balaban J connectivity index is 1.77. The molecule has 2 rings (SSSR count). The van der Waals surface area contributed by atoms with Crippen LogP contribution in [-0.2, 0) is 9.47 Å². The van der Waals surface area contributed by atoms with Crippen molar-refractivity contribution in [3.63, 3.8) is 0 Å². The number of allylic oxidation sites excluding steroid dienone is 4. The summed E-state index contributed by atoms with van der Waals surface area (Å²) < 4.78 is 467. The Morgan fingerprint density at radius 3 is 0.789 bits per heavy atom. The molecule has 0 saturated heterocycles. The first-order chi connectivity index (χ1) is 40.4. The van der Waals surface area contributed by atoms with E-state index in [0.29, 0.717) is 38.5 Å². The smallest absolute Gasteiger partial charge is 0.460 e. The van der Waals surface area contributed by atoms with E-state index in [1.807, 2.05) is 0 Å². The molecule has 0 radical (unpaired) electrons. The number of halogens is 34. The Morgan fingerprint density at radius 1 is 0.311 bits per heavy atom. The summed E-state index contributed by atoms with van der Waals surface area (Å²) in [4.78, 5) is 33.6. The molecule has 518 valence electrons. The summed E-state index contributed by atoms with van der Waals surface area (Å²) in [6.07, 6.45) is -14.0. The van der Waals surface area contributed by atoms with Crippen LogP contribution in [0.5, 0.6) is 0 Å². The van der Waals surface area contributed by atoms with Crippen molar-refractivity contribution in [1.82, 2.24) is 9.97 Å². The Labute approximate surface area is 484 Å². The Kier molecular flexibility index (Phi) is 25.6. The number of esters is 2. The lowest BCUT2D eigenvalue weighted by Crippen LogP contribution is -2.74. The van der Waals surface area contributed by atoms with Gasteiger partial charge >= 0.3 is 107 Å². The lowest BCUT2D eigenvalue weighted by Gasteiger charge is -2.42. The molecule has 0 fully saturated rings. The maximum atomic E-state index is 14.0. The molecule has 0 aliphatic carbocycles. The van der Waals surface area contributed by atoms with Crippen molar-refractivity contribution in [1.29, 1.82) is 0 Å². The summed E-state index contributed by atoms with van der Waals surface area (Å²) in [5, 5.41) is 0. The van der Waals surface area contributed by atoms with Crippen LogP contribution < -0.4 is 0 Å². The van der Waals surface area contributed by atoms with E-state index in [-0.39, 0.29) is 99.2 Å². The fourth-order valence-electron chi connectivity index (χ4n) is 7.41. The molecule has 6 nitrogen and oxygen atoms in total. The number of carbonyl (C=O) groups is 2. The Hall–Kier alpha value is -5.66. The van der Waals surface area contributed by atoms with Crippen molar-refractivity contribution in [2.45, 2.75) is 198 Å². The van der Waals surface area contributed by atoms with E-state index >= 15 is 0 Å². The molecule has 0 saturated carbocycles. The van der Waals surface area contributed by atoms with Crippen LogP contribution in [-0.4, -0.2) is 130 Å². The molecule has 2 aromatic heterocycles. The number of alkyl halides is 34. The lowest BCUT2D eigenvalue weighted by atomic mass is 9.89. The highest BCUT2D eigenvalue weighted by Gasteiger charge is 2.97. The van der Waals surface area contributed by atoms with Gasteiger partial charge < -0.3 is 9.47 Å². The van der Waals surface area contributed by atoms with Gasteiger partial charge in [0.1, 0.15) is 0 Å². The molecule has 0 bridgehead atoms. The quantitative estimate of drug-likeness (QED) is 0.0290. The van der Waals surface area contributed by atoms with Gasteiger partial charge in [0.15, 0.2) is 0 Å². The first kappa shape index (κ1) is 80.4. The molecule has 0 aromatic carbocycles. The van der Waals surface area contributed by atoms with Crippen molar-refractivity contribution >= 4 is 11.9 Å². The molecule has 2 heterocycles. The number of carbonyl (C=O) groups excluding carboxylic acids is 2. The van der Waals surface area contributed by atoms with Crippen LogP contribution in [0, 0.1) is 0 Å². The van der Waals surface area contributed by atoms with Crippen LogP contribution in [0.15, 0.2) is 61.0 Å². The zero-order chi connectivity index (χ0) is 70.1. The van der Waals surface area contributed by atoms with E-state index in [1.54, 1.807) is 0 Å². The van der Waals surface area contributed by atoms with Gasteiger partial charge in [0.25, 0.3) is 0 Å². The van der Waals surface area contributed by atoms with E-state index in [9.17, 15) is 159 Å². The largest absolute Gasteiger partial charge is 0.462 e. The number of unbranched alkanes of at least 4 members (excludes halogenated alkanes) is 14. The highest BCUT2D eigenvalue weighted by Crippen LogP contribution is 2.66. The van der Waals surface area contributed by atoms with Gasteiger partial charge in [0.05, 0.1) is 35.7 Å². The van der Waals surface area contributed by atoms with Crippen LogP contribution in [0.4, 0.5) is 149 Å². The Morgan fingerprint density at radius 2 is 0.533 bits per heavy atom. The lowest BCUT2D eigenvalue weighted by molar-refractivity contribution is -0.459. The molecule has 0 unspecified atom stereocenters. The van der Waals surface area contributed by atoms with Crippen LogP contribution in [0.2, 0.25) is 0 Å². The van der Waals surface area contributed by atoms with Gasteiger partial charge in [-0.05, 0) is 74.9 Å². The number of aromatic nitrogens is 2. The molecular formula is C50H46F34N2O4. The maximum absolute atomic E-state index is 14.0. The number of hydrogen-bond acceptors (Lipinski definition) is 6. The molecule has 0 atom stereocenters. The van der Waals surface area contributed by atoms with Gasteiger partial charge in [-0.2, -0.15) is 149 Å². The topological polar surface area (TPSA) is 78.4 Å². The minimum absolute atomic E-state index is 0.0279. The minimum Gasteiger partial charge on any atom is -0.462 e. The summed E-state index contributed by atoms with van der Waals surface area (Å²) in [5.74, 6) is -116. The highest BCUT2D eigenvalue weighted by atomic mass is 19.4. The van der Waals surface area contributed by atoms with Crippen molar-refractivity contribution in [2.75, 3.05) is 13.2 Å². The summed E-state index contributed by atoms with van der Waals surface area (Å²) in [6, 6.07) is 5.03. The number of ether oxygens (including phenoxy) is 2. The van der Waals surface area contributed by atoms with E-state index < -0.39 is 132 Å². The number of rotatable bonds is 37. The number of pyridine rings is 2. The van der Waals surface area contributed by atoms with E-state index in [1.165, 1.54) is 36.7 Å². The predicted octanol–water partition coefficient (Wildman–Crippen LogP) is 19.8. The molecule has 0 aliphatic rings. The number of nitrogens with zero attached hydrogens (tertiary/aromatic N) is 2. The van der Waals surface area contributed by atoms with Gasteiger partial charge in [-0.15, -0.1) is 0 Å². The van der Waals surface area contributed by atoms with Gasteiger partial charge in [-0.1, -0.05) is 76.4 Å². The summed E-state index contributed by atoms with van der Waals surface area (Å²) >= 11 is 0. The first-order valence-corrected chi connectivity index (χ1v) is 25.5. The second kappa shape index (κ2) is 28.7. The average Bonchev–Trinajstić information content (AvgIpc) is 0.707. The minimum atomic E-state index is -8.72. The predicted molar refractivity (Wildman–Crippen MR) is 242 cm³/mol. The van der Waals surface area contributed by atoms with E-state index in [4.69, 9.17) is 9.47 Å². The molecule has 0 aliphatic heterocycles. The van der Waals surface area contributed by atoms with E-state index in [0.717, 1.165) is 0 Å². The normalized spacial score (nSPS) is 14.9. The average molecular weight is 1380 g/mol. The van der Waals surface area contributed by atoms with Gasteiger partial charge in [0, 0.05) is 12.4 Å². The standard InChI is InChI=1S/C50H46F34N2O4/c51-35(52,37(55,56)39(59,60)41(63,64)43(67,68)45(71,72)47(75,76)49(79,80)81)21-15-11-7-3-1-5-9-13-17-25-89-33(87)29-19-23-85-31(27-29)32-28-30(20-24-86-32)34(88)90-26-18-14-10-6-2-4-8-12-16-22-36(53,54)38(57,58)40(61,62)42(65,66)44(69,70)46(73,74)48(77,78)50(82,83)84/h15-16,19-24,27-28H,1-14,17-18,25-26H2/b21-15+,22-16+. The van der Waals surface area contributed by atoms with Crippen molar-refractivity contribution in [3.8, 4) is 11.4 Å². The SMILES string of the molecule is O=C(OCCCCCCCCC/C=C/C(F)(F)C(F)(F)C(F)(F)C(F)(F)C(F)(F)C(F)(F)C(F)(F)C(F)(F)F)c1ccnc(-c2cc(C(=O)OCCCCCCCCC/C=C/C(F)(F)C(F)(F)C(F)(F)C(F)(F)C(F)(F)C(F)(F)C(F)(F)C(F)(F)F)ccn2)c1. The monoisotopic (exact) mass is 1380 g/mol. The summed E-state index contributed by atoms with van der Waals surface area (Å²) in [7, 11) is 0. The third-order valence-electron chi connectivity index (χ3n) is 12.9. The maximum Gasteiger partial charge on any atom is 0.460 e. The van der Waals surface area contributed by atoms with Crippen LogP contribution in [0.25, 0.3) is 11.4 Å². The third-order valence-corrected chi connectivity index (χ3v) is 12.9. The van der Waals surface area contributed by atoms with Crippen molar-refractivity contribution in [2.24, 2.45) is 0 Å². The molecule has 40 heteroatoms. The summed E-state index contributed by atoms with van der Waals surface area (Å²) in [5.41, 5.74) is 0.100. The van der Waals surface area contributed by atoms with Crippen LogP contribution >= 0.6 is 0 Å². The molecule has 0 N–H and O–H groups in total.